The highest BCUT2D eigenvalue weighted by atomic mass is 35.5. The van der Waals surface area contributed by atoms with Gasteiger partial charge in [0.1, 0.15) is 5.82 Å². The molecule has 7 nitrogen and oxygen atoms in total. The molecule has 0 aliphatic carbocycles. The van der Waals surface area contributed by atoms with E-state index in [1.807, 2.05) is 40.0 Å². The van der Waals surface area contributed by atoms with Crippen LogP contribution in [0.5, 0.6) is 0 Å². The van der Waals surface area contributed by atoms with E-state index in [1.54, 1.807) is 12.4 Å². The first kappa shape index (κ1) is 21.2. The lowest BCUT2D eigenvalue weighted by molar-refractivity contribution is -0.118. The molecule has 1 N–H and O–H groups in total. The number of nitrogens with one attached hydrogen (secondary N) is 1. The van der Waals surface area contributed by atoms with E-state index in [9.17, 15) is 4.79 Å². The van der Waals surface area contributed by atoms with Crippen LogP contribution >= 0.6 is 11.6 Å². The topological polar surface area (TPSA) is 83.9 Å². The van der Waals surface area contributed by atoms with E-state index in [2.05, 4.69) is 36.2 Å². The smallest absolute Gasteiger partial charge is 0.229 e. The Bertz CT molecular complexity index is 1150. The van der Waals surface area contributed by atoms with Gasteiger partial charge in [0.2, 0.25) is 11.9 Å². The Labute approximate surface area is 186 Å². The van der Waals surface area contributed by atoms with E-state index in [0.29, 0.717) is 17.5 Å². The number of fused-ring (bicyclic) bond motifs is 1. The number of anilines is 2. The zero-order valence-corrected chi connectivity index (χ0v) is 18.9. The summed E-state index contributed by atoms with van der Waals surface area (Å²) in [4.78, 5) is 32.1. The fourth-order valence-electron chi connectivity index (χ4n) is 3.61. The van der Waals surface area contributed by atoms with Gasteiger partial charge in [-0.25, -0.2) is 15.0 Å². The van der Waals surface area contributed by atoms with Crippen molar-refractivity contribution in [1.29, 1.82) is 0 Å². The Morgan fingerprint density at radius 1 is 1.13 bits per heavy atom. The maximum absolute atomic E-state index is 11.9. The largest absolute Gasteiger partial charge is 0.352 e. The molecule has 3 aromatic rings. The molecule has 0 atom stereocenters. The van der Waals surface area contributed by atoms with Crippen molar-refractivity contribution in [2.45, 2.75) is 40.7 Å². The number of hydrogen-bond donors (Lipinski definition) is 1. The van der Waals surface area contributed by atoms with Gasteiger partial charge in [-0.15, -0.1) is 0 Å². The van der Waals surface area contributed by atoms with E-state index in [4.69, 9.17) is 11.6 Å². The number of rotatable bonds is 4. The summed E-state index contributed by atoms with van der Waals surface area (Å²) in [6, 6.07) is 4.10. The van der Waals surface area contributed by atoms with Crippen molar-refractivity contribution < 1.29 is 4.79 Å². The van der Waals surface area contributed by atoms with Gasteiger partial charge in [0.15, 0.2) is 0 Å². The van der Waals surface area contributed by atoms with Crippen molar-refractivity contribution in [3.05, 3.63) is 58.1 Å². The highest BCUT2D eigenvalue weighted by Crippen LogP contribution is 2.32. The molecule has 0 saturated carbocycles. The molecule has 0 radical (unpaired) electrons. The van der Waals surface area contributed by atoms with E-state index < -0.39 is 0 Å². The molecule has 0 fully saturated rings. The number of pyridine rings is 2. The first-order chi connectivity index (χ1) is 14.8. The molecule has 0 saturated heterocycles. The van der Waals surface area contributed by atoms with Gasteiger partial charge in [-0.1, -0.05) is 31.5 Å². The number of carbonyl (C=O) groups excluding carboxylic acids is 1. The molecule has 1 aliphatic rings. The molecule has 0 aromatic carbocycles. The fraction of sp³-hybridized carbons (Fsp3) is 0.348. The molecular formula is C23H25ClN6O. The first-order valence-corrected chi connectivity index (χ1v) is 10.7. The lowest BCUT2D eigenvalue weighted by Crippen LogP contribution is -2.32. The summed E-state index contributed by atoms with van der Waals surface area (Å²) in [6.07, 6.45) is 6.06. The molecule has 31 heavy (non-hydrogen) atoms. The van der Waals surface area contributed by atoms with Gasteiger partial charge in [-0.2, -0.15) is 0 Å². The lowest BCUT2D eigenvalue weighted by atomic mass is 10.0. The number of carbonyl (C=O) groups is 1. The zero-order valence-electron chi connectivity index (χ0n) is 18.1. The van der Waals surface area contributed by atoms with Crippen molar-refractivity contribution in [2.24, 2.45) is 5.92 Å². The molecule has 3 aromatic heterocycles. The summed E-state index contributed by atoms with van der Waals surface area (Å²) in [5, 5.41) is 3.34. The number of aryl methyl sites for hydroxylation is 2. The van der Waals surface area contributed by atoms with Crippen molar-refractivity contribution in [2.75, 3.05) is 16.8 Å². The van der Waals surface area contributed by atoms with Crippen LogP contribution in [0.15, 0.2) is 30.7 Å². The van der Waals surface area contributed by atoms with Gasteiger partial charge < -0.3 is 4.90 Å². The second kappa shape index (κ2) is 8.59. The predicted molar refractivity (Wildman–Crippen MR) is 122 cm³/mol. The molecule has 1 aliphatic heterocycles. The molecule has 1 amide bonds. The van der Waals surface area contributed by atoms with Gasteiger partial charge in [-0.05, 0) is 31.0 Å². The zero-order chi connectivity index (χ0) is 22.1. The summed E-state index contributed by atoms with van der Waals surface area (Å²) in [5.41, 5.74) is 5.91. The third kappa shape index (κ3) is 4.51. The Hall–Kier alpha value is -3.06. The summed E-state index contributed by atoms with van der Waals surface area (Å²) in [5.74, 6) is 0.991. The predicted octanol–water partition coefficient (Wildman–Crippen LogP) is 4.36. The van der Waals surface area contributed by atoms with Crippen molar-refractivity contribution in [1.82, 2.24) is 19.9 Å². The third-order valence-corrected chi connectivity index (χ3v) is 5.63. The third-order valence-electron chi connectivity index (χ3n) is 5.33. The minimum Gasteiger partial charge on any atom is -0.352 e. The first-order valence-electron chi connectivity index (χ1n) is 10.3. The van der Waals surface area contributed by atoms with Gasteiger partial charge in [0.25, 0.3) is 0 Å². The molecule has 4 heterocycles. The van der Waals surface area contributed by atoms with Crippen molar-refractivity contribution in [3.63, 3.8) is 0 Å². The average molecular weight is 437 g/mol. The Balaban J connectivity index is 1.58. The fourth-order valence-corrected chi connectivity index (χ4v) is 3.80. The maximum Gasteiger partial charge on any atom is 0.229 e. The standard InChI is InChI=1S/C23H25ClN6O/c1-13(2)22(31)29-23-27-10-16-12-30(6-5-19(16)28-23)20-8-17(18(24)11-25-20)21-15(4)7-14(3)9-26-21/h7-11,13H,5-6,12H2,1-4H3,(H,27,28,29,31). The molecule has 0 spiro atoms. The molecular weight excluding hydrogens is 412 g/mol. The quantitative estimate of drug-likeness (QED) is 0.654. The van der Waals surface area contributed by atoms with E-state index >= 15 is 0 Å². The van der Waals surface area contributed by atoms with Crippen molar-refractivity contribution in [3.8, 4) is 11.3 Å². The summed E-state index contributed by atoms with van der Waals surface area (Å²) in [6.45, 7) is 9.14. The lowest BCUT2D eigenvalue weighted by Gasteiger charge is -2.29. The van der Waals surface area contributed by atoms with Crippen LogP contribution in [0, 0.1) is 19.8 Å². The van der Waals surface area contributed by atoms with E-state index in [-0.39, 0.29) is 11.8 Å². The highest BCUT2D eigenvalue weighted by Gasteiger charge is 2.22. The maximum atomic E-state index is 11.9. The number of nitrogens with zero attached hydrogens (tertiary/aromatic N) is 5. The molecule has 4 rings (SSSR count). The number of aromatic nitrogens is 4. The Morgan fingerprint density at radius 2 is 1.94 bits per heavy atom. The van der Waals surface area contributed by atoms with Crippen LogP contribution in [0.4, 0.5) is 11.8 Å². The van der Waals surface area contributed by atoms with Gasteiger partial charge in [-0.3, -0.25) is 15.1 Å². The van der Waals surface area contributed by atoms with E-state index in [0.717, 1.165) is 52.4 Å². The van der Waals surface area contributed by atoms with Gasteiger partial charge in [0, 0.05) is 55.1 Å². The normalized spacial score (nSPS) is 13.3. The molecule has 160 valence electrons. The second-order valence-electron chi connectivity index (χ2n) is 8.18. The number of amides is 1. The van der Waals surface area contributed by atoms with Crippen LogP contribution in [0.2, 0.25) is 5.02 Å². The summed E-state index contributed by atoms with van der Waals surface area (Å²) in [7, 11) is 0. The van der Waals surface area contributed by atoms with Crippen LogP contribution in [0.3, 0.4) is 0 Å². The van der Waals surface area contributed by atoms with Gasteiger partial charge >= 0.3 is 0 Å². The highest BCUT2D eigenvalue weighted by molar-refractivity contribution is 6.33. The van der Waals surface area contributed by atoms with Crippen LogP contribution in [0.1, 0.15) is 36.2 Å². The number of halogens is 1. The Kier molecular flexibility index (Phi) is 5.87. The van der Waals surface area contributed by atoms with E-state index in [1.165, 1.54) is 0 Å². The minimum atomic E-state index is -0.119. The SMILES string of the molecule is Cc1cnc(-c2cc(N3CCc4nc(NC(=O)C(C)C)ncc4C3)ncc2Cl)c(C)c1. The van der Waals surface area contributed by atoms with Crippen molar-refractivity contribution >= 4 is 29.3 Å². The van der Waals surface area contributed by atoms with Crippen LogP contribution < -0.4 is 10.2 Å². The monoisotopic (exact) mass is 436 g/mol. The van der Waals surface area contributed by atoms with Crippen LogP contribution in [-0.4, -0.2) is 32.4 Å². The minimum absolute atomic E-state index is 0.0877. The average Bonchev–Trinajstić information content (AvgIpc) is 2.74. The second-order valence-corrected chi connectivity index (χ2v) is 8.59. The molecule has 0 bridgehead atoms. The summed E-state index contributed by atoms with van der Waals surface area (Å²) < 4.78 is 0. The summed E-state index contributed by atoms with van der Waals surface area (Å²) >= 11 is 6.47. The molecule has 8 heteroatoms. The molecule has 0 unspecified atom stereocenters. The van der Waals surface area contributed by atoms with Crippen LogP contribution in [-0.2, 0) is 17.8 Å². The Morgan fingerprint density at radius 3 is 2.68 bits per heavy atom. The van der Waals surface area contributed by atoms with Gasteiger partial charge in [0.05, 0.1) is 16.4 Å². The number of hydrogen-bond acceptors (Lipinski definition) is 6. The van der Waals surface area contributed by atoms with Crippen LogP contribution in [0.25, 0.3) is 11.3 Å².